The number of thiophene rings is 1. The number of fused-ring (bicyclic) bond motifs is 1. The summed E-state index contributed by atoms with van der Waals surface area (Å²) >= 11 is 1.69. The molecule has 0 fully saturated rings. The molecule has 0 spiro atoms. The van der Waals surface area contributed by atoms with Crippen LogP contribution in [0.15, 0.2) is 23.7 Å². The molecule has 0 atom stereocenters. The molecule has 0 aliphatic carbocycles. The number of carbonyl (C=O) groups is 1. The summed E-state index contributed by atoms with van der Waals surface area (Å²) in [6, 6.07) is 3.96. The topological polar surface area (TPSA) is 57.3 Å². The van der Waals surface area contributed by atoms with Gasteiger partial charge in [0, 0.05) is 43.5 Å². The number of hydrogen-bond donors (Lipinski definition) is 2. The van der Waals surface area contributed by atoms with Crippen LogP contribution in [0.2, 0.25) is 0 Å². The zero-order valence-electron chi connectivity index (χ0n) is 10.4. The summed E-state index contributed by atoms with van der Waals surface area (Å²) in [6.07, 6.45) is 1.79. The molecule has 0 aliphatic rings. The van der Waals surface area contributed by atoms with Crippen LogP contribution in [0, 0.1) is 0 Å². The predicted molar refractivity (Wildman–Crippen MR) is 75.2 cm³/mol. The Kier molecular flexibility index (Phi) is 3.99. The molecule has 2 rings (SSSR count). The van der Waals surface area contributed by atoms with Crippen molar-refractivity contribution in [2.24, 2.45) is 0 Å². The normalized spacial score (nSPS) is 10.3. The Morgan fingerprint density at radius 1 is 1.39 bits per heavy atom. The van der Waals surface area contributed by atoms with Gasteiger partial charge in [0.05, 0.1) is 0 Å². The van der Waals surface area contributed by atoms with Crippen molar-refractivity contribution < 1.29 is 4.79 Å². The highest BCUT2D eigenvalue weighted by atomic mass is 32.1. The predicted octanol–water partition coefficient (Wildman–Crippen LogP) is 1.98. The standard InChI is InChI=1S/C12H16N4OS/c1-16(2)12(17)15-7-6-14-11-9-4-8-18-10(9)3-5-13-11/h3-5,8H,6-7H2,1-2H3,(H,13,14)(H,15,17). The molecule has 96 valence electrons. The monoisotopic (exact) mass is 264 g/mol. The van der Waals surface area contributed by atoms with Gasteiger partial charge in [-0.05, 0) is 17.5 Å². The first-order valence-corrected chi connectivity index (χ1v) is 6.57. The minimum absolute atomic E-state index is 0.0847. The number of urea groups is 1. The summed E-state index contributed by atoms with van der Waals surface area (Å²) in [7, 11) is 3.44. The highest BCUT2D eigenvalue weighted by Gasteiger charge is 2.03. The molecule has 0 radical (unpaired) electrons. The summed E-state index contributed by atoms with van der Waals surface area (Å²) in [4.78, 5) is 17.1. The molecule has 0 unspecified atom stereocenters. The SMILES string of the molecule is CN(C)C(=O)NCCNc1nccc2sccc12. The summed E-state index contributed by atoms with van der Waals surface area (Å²) in [6.45, 7) is 1.22. The van der Waals surface area contributed by atoms with Gasteiger partial charge in [0.15, 0.2) is 0 Å². The van der Waals surface area contributed by atoms with Crippen LogP contribution in [0.3, 0.4) is 0 Å². The maximum atomic E-state index is 11.3. The fraction of sp³-hybridized carbons (Fsp3) is 0.333. The third kappa shape index (κ3) is 2.89. The van der Waals surface area contributed by atoms with Crippen LogP contribution in [-0.4, -0.2) is 43.1 Å². The number of rotatable bonds is 4. The van der Waals surface area contributed by atoms with E-state index in [2.05, 4.69) is 15.6 Å². The fourth-order valence-electron chi connectivity index (χ4n) is 1.54. The van der Waals surface area contributed by atoms with Gasteiger partial charge in [0.25, 0.3) is 0 Å². The number of nitrogens with one attached hydrogen (secondary N) is 2. The van der Waals surface area contributed by atoms with Gasteiger partial charge in [-0.3, -0.25) is 0 Å². The van der Waals surface area contributed by atoms with Crippen molar-refractivity contribution in [1.29, 1.82) is 0 Å². The molecule has 0 saturated heterocycles. The second-order valence-electron chi connectivity index (χ2n) is 4.05. The van der Waals surface area contributed by atoms with Gasteiger partial charge in [0.2, 0.25) is 0 Å². The van der Waals surface area contributed by atoms with Gasteiger partial charge in [-0.25, -0.2) is 9.78 Å². The summed E-state index contributed by atoms with van der Waals surface area (Å²) in [5, 5.41) is 9.20. The van der Waals surface area contributed by atoms with E-state index in [0.29, 0.717) is 13.1 Å². The van der Waals surface area contributed by atoms with Gasteiger partial charge in [-0.1, -0.05) is 0 Å². The Bertz CT molecular complexity index is 538. The molecule has 5 nitrogen and oxygen atoms in total. The van der Waals surface area contributed by atoms with Crippen molar-refractivity contribution in [2.45, 2.75) is 0 Å². The average molecular weight is 264 g/mol. The number of aromatic nitrogens is 1. The molecule has 6 heteroatoms. The van der Waals surface area contributed by atoms with Crippen molar-refractivity contribution in [2.75, 3.05) is 32.5 Å². The second-order valence-corrected chi connectivity index (χ2v) is 4.99. The average Bonchev–Trinajstić information content (AvgIpc) is 2.83. The highest BCUT2D eigenvalue weighted by molar-refractivity contribution is 7.17. The second kappa shape index (κ2) is 5.68. The van der Waals surface area contributed by atoms with Crippen LogP contribution in [0.4, 0.5) is 10.6 Å². The Balaban J connectivity index is 1.87. The molecule has 0 saturated carbocycles. The Labute approximate surface area is 110 Å². The lowest BCUT2D eigenvalue weighted by atomic mass is 10.3. The van der Waals surface area contributed by atoms with Crippen molar-refractivity contribution >= 4 is 33.3 Å². The van der Waals surface area contributed by atoms with Crippen molar-refractivity contribution in [3.8, 4) is 0 Å². The van der Waals surface area contributed by atoms with Crippen LogP contribution in [0.5, 0.6) is 0 Å². The molecule has 2 heterocycles. The van der Waals surface area contributed by atoms with Gasteiger partial charge in [0.1, 0.15) is 5.82 Å². The number of pyridine rings is 1. The van der Waals surface area contributed by atoms with Crippen LogP contribution >= 0.6 is 11.3 Å². The van der Waals surface area contributed by atoms with Crippen LogP contribution in [-0.2, 0) is 0 Å². The van der Waals surface area contributed by atoms with Crippen LogP contribution < -0.4 is 10.6 Å². The van der Waals surface area contributed by atoms with Crippen LogP contribution in [0.25, 0.3) is 10.1 Å². The van der Waals surface area contributed by atoms with Gasteiger partial charge < -0.3 is 15.5 Å². The molecule has 18 heavy (non-hydrogen) atoms. The Morgan fingerprint density at radius 2 is 2.22 bits per heavy atom. The largest absolute Gasteiger partial charge is 0.368 e. The molecule has 2 amide bonds. The summed E-state index contributed by atoms with van der Waals surface area (Å²) < 4.78 is 1.21. The number of carbonyl (C=O) groups excluding carboxylic acids is 1. The van der Waals surface area contributed by atoms with E-state index in [1.165, 1.54) is 9.60 Å². The molecular weight excluding hydrogens is 248 g/mol. The van der Waals surface area contributed by atoms with Crippen LogP contribution in [0.1, 0.15) is 0 Å². The fourth-order valence-corrected chi connectivity index (χ4v) is 2.33. The van der Waals surface area contributed by atoms with Gasteiger partial charge >= 0.3 is 6.03 Å². The Morgan fingerprint density at radius 3 is 3.00 bits per heavy atom. The van der Waals surface area contributed by atoms with E-state index >= 15 is 0 Å². The minimum Gasteiger partial charge on any atom is -0.368 e. The maximum Gasteiger partial charge on any atom is 0.316 e. The smallest absolute Gasteiger partial charge is 0.316 e. The van der Waals surface area contributed by atoms with Crippen molar-refractivity contribution in [3.05, 3.63) is 23.7 Å². The lowest BCUT2D eigenvalue weighted by molar-refractivity contribution is 0.218. The van der Waals surface area contributed by atoms with E-state index < -0.39 is 0 Å². The molecule has 2 aromatic rings. The molecule has 2 aromatic heterocycles. The van der Waals surface area contributed by atoms with E-state index in [1.807, 2.05) is 17.5 Å². The zero-order chi connectivity index (χ0) is 13.0. The number of hydrogen-bond acceptors (Lipinski definition) is 4. The van der Waals surface area contributed by atoms with E-state index in [4.69, 9.17) is 0 Å². The van der Waals surface area contributed by atoms with Gasteiger partial charge in [-0.15, -0.1) is 11.3 Å². The maximum absolute atomic E-state index is 11.3. The minimum atomic E-state index is -0.0847. The first-order valence-electron chi connectivity index (χ1n) is 5.69. The van der Waals surface area contributed by atoms with Crippen molar-refractivity contribution in [1.82, 2.24) is 15.2 Å². The first-order chi connectivity index (χ1) is 8.68. The first kappa shape index (κ1) is 12.6. The summed E-state index contributed by atoms with van der Waals surface area (Å²) in [5.74, 6) is 0.868. The zero-order valence-corrected chi connectivity index (χ0v) is 11.3. The van der Waals surface area contributed by atoms with E-state index in [0.717, 1.165) is 11.2 Å². The lowest BCUT2D eigenvalue weighted by Gasteiger charge is -2.12. The third-order valence-corrected chi connectivity index (χ3v) is 3.36. The van der Waals surface area contributed by atoms with E-state index in [9.17, 15) is 4.79 Å². The third-order valence-electron chi connectivity index (χ3n) is 2.48. The number of amides is 2. The highest BCUT2D eigenvalue weighted by Crippen LogP contribution is 2.25. The molecule has 2 N–H and O–H groups in total. The number of nitrogens with zero attached hydrogens (tertiary/aromatic N) is 2. The van der Waals surface area contributed by atoms with Crippen molar-refractivity contribution in [3.63, 3.8) is 0 Å². The van der Waals surface area contributed by atoms with E-state index in [-0.39, 0.29) is 6.03 Å². The molecule has 0 bridgehead atoms. The lowest BCUT2D eigenvalue weighted by Crippen LogP contribution is -2.37. The Hall–Kier alpha value is -1.82. The molecule has 0 aliphatic heterocycles. The summed E-state index contributed by atoms with van der Waals surface area (Å²) in [5.41, 5.74) is 0. The molecular formula is C12H16N4OS. The number of anilines is 1. The molecule has 0 aromatic carbocycles. The van der Waals surface area contributed by atoms with Gasteiger partial charge in [-0.2, -0.15) is 0 Å². The van der Waals surface area contributed by atoms with E-state index in [1.54, 1.807) is 31.6 Å². The quantitative estimate of drug-likeness (QED) is 0.830.